The molecule has 3 aromatic carbocycles. The van der Waals surface area contributed by atoms with Gasteiger partial charge < -0.3 is 9.84 Å². The summed E-state index contributed by atoms with van der Waals surface area (Å²) in [6.45, 7) is 2.06. The lowest BCUT2D eigenvalue weighted by Gasteiger charge is -2.50. The average molecular weight is 644 g/mol. The van der Waals surface area contributed by atoms with Crippen molar-refractivity contribution in [1.29, 1.82) is 0 Å². The lowest BCUT2D eigenvalue weighted by Crippen LogP contribution is -2.53. The van der Waals surface area contributed by atoms with Gasteiger partial charge in [0, 0.05) is 18.0 Å². The summed E-state index contributed by atoms with van der Waals surface area (Å²) in [4.78, 5) is 57.5. The first kappa shape index (κ1) is 30.0. The van der Waals surface area contributed by atoms with Crippen molar-refractivity contribution in [2.75, 3.05) is 19.1 Å². The van der Waals surface area contributed by atoms with Crippen LogP contribution in [0.1, 0.15) is 36.8 Å². The number of rotatable bonds is 6. The number of phenols is 1. The van der Waals surface area contributed by atoms with Crippen LogP contribution in [0.3, 0.4) is 0 Å². The lowest BCUT2D eigenvalue weighted by atomic mass is 9.49. The molecule has 4 aliphatic rings. The number of nitrogens with zero attached hydrogens (tertiary/aromatic N) is 2. The molecule has 2 heterocycles. The number of fused-ring (bicyclic) bond motifs is 4. The molecule has 2 aliphatic heterocycles. The van der Waals surface area contributed by atoms with Crippen molar-refractivity contribution in [3.8, 4) is 11.5 Å². The Morgan fingerprint density at radius 1 is 0.978 bits per heavy atom. The number of imide groups is 2. The van der Waals surface area contributed by atoms with Crippen molar-refractivity contribution in [2.45, 2.75) is 31.1 Å². The van der Waals surface area contributed by atoms with Gasteiger partial charge in [0.2, 0.25) is 11.8 Å². The second-order valence-electron chi connectivity index (χ2n) is 12.3. The Balaban J connectivity index is 1.48. The SMILES string of the molecule is CCOc1cc([C@H]2C3=CC[C@@H]4C(=O)N(C)C(=O)[C@@H]4[C@@H]3C[C@H]3C(=O)N(Nc4ccc(F)cc4)C(=O)[C@@]23c2ccc(Cl)cc2)ccc1O. The summed E-state index contributed by atoms with van der Waals surface area (Å²) in [6, 6.07) is 17.0. The monoisotopic (exact) mass is 643 g/mol. The van der Waals surface area contributed by atoms with E-state index in [9.17, 15) is 23.9 Å². The van der Waals surface area contributed by atoms with Gasteiger partial charge in [-0.1, -0.05) is 41.4 Å². The van der Waals surface area contributed by atoms with Gasteiger partial charge in [-0.05, 0) is 85.3 Å². The van der Waals surface area contributed by atoms with E-state index in [-0.39, 0.29) is 36.3 Å². The molecular weight excluding hydrogens is 613 g/mol. The second kappa shape index (κ2) is 11.0. The van der Waals surface area contributed by atoms with Crippen LogP contribution in [0.4, 0.5) is 10.1 Å². The van der Waals surface area contributed by atoms with Crippen LogP contribution in [0.25, 0.3) is 0 Å². The summed E-state index contributed by atoms with van der Waals surface area (Å²) in [5, 5.41) is 12.1. The molecule has 0 bridgehead atoms. The van der Waals surface area contributed by atoms with E-state index < -0.39 is 52.6 Å². The maximum atomic E-state index is 15.1. The number of aromatic hydroxyl groups is 1. The number of allylic oxidation sites excluding steroid dienone is 2. The third kappa shape index (κ3) is 4.26. The maximum absolute atomic E-state index is 15.1. The molecule has 9 nitrogen and oxygen atoms in total. The number of likely N-dealkylation sites (tertiary alicyclic amines) is 1. The smallest absolute Gasteiger partial charge is 0.260 e. The number of phenolic OH excluding ortho intramolecular Hbond substituents is 1. The van der Waals surface area contributed by atoms with E-state index in [1.807, 2.05) is 6.08 Å². The van der Waals surface area contributed by atoms with E-state index in [4.69, 9.17) is 16.3 Å². The van der Waals surface area contributed by atoms with Gasteiger partial charge in [0.1, 0.15) is 5.82 Å². The normalized spacial score (nSPS) is 28.5. The summed E-state index contributed by atoms with van der Waals surface area (Å²) < 4.78 is 19.5. The third-order valence-corrected chi connectivity index (χ3v) is 10.3. The van der Waals surface area contributed by atoms with Crippen LogP contribution in [-0.4, -0.2) is 52.3 Å². The molecule has 1 saturated carbocycles. The summed E-state index contributed by atoms with van der Waals surface area (Å²) in [6.07, 6.45) is 2.40. The first-order valence-electron chi connectivity index (χ1n) is 15.2. The molecule has 7 rings (SSSR count). The lowest BCUT2D eigenvalue weighted by molar-refractivity contribution is -0.140. The minimum absolute atomic E-state index is 0.0839. The van der Waals surface area contributed by atoms with Gasteiger partial charge in [0.05, 0.1) is 35.5 Å². The van der Waals surface area contributed by atoms with E-state index in [2.05, 4.69) is 5.43 Å². The molecule has 236 valence electrons. The fourth-order valence-corrected chi connectivity index (χ4v) is 8.30. The number of ether oxygens (including phenoxy) is 1. The summed E-state index contributed by atoms with van der Waals surface area (Å²) in [7, 11) is 1.48. The molecule has 2 saturated heterocycles. The van der Waals surface area contributed by atoms with E-state index in [0.29, 0.717) is 28.3 Å². The number of carbonyl (C=O) groups is 4. The van der Waals surface area contributed by atoms with Crippen molar-refractivity contribution in [3.63, 3.8) is 0 Å². The van der Waals surface area contributed by atoms with Gasteiger partial charge in [-0.25, -0.2) is 4.39 Å². The summed E-state index contributed by atoms with van der Waals surface area (Å²) >= 11 is 6.31. The van der Waals surface area contributed by atoms with Crippen LogP contribution in [0, 0.1) is 29.5 Å². The highest BCUT2D eigenvalue weighted by Crippen LogP contribution is 2.64. The molecule has 11 heteroatoms. The first-order chi connectivity index (χ1) is 22.1. The highest BCUT2D eigenvalue weighted by atomic mass is 35.5. The largest absolute Gasteiger partial charge is 0.504 e. The Labute approximate surface area is 269 Å². The summed E-state index contributed by atoms with van der Waals surface area (Å²) in [5.41, 5.74) is 3.68. The van der Waals surface area contributed by atoms with Crippen LogP contribution in [0.5, 0.6) is 11.5 Å². The Bertz CT molecular complexity index is 1810. The Morgan fingerprint density at radius 3 is 2.39 bits per heavy atom. The van der Waals surface area contributed by atoms with Gasteiger partial charge in [-0.3, -0.25) is 29.5 Å². The molecule has 4 amide bonds. The fraction of sp³-hybridized carbons (Fsp3) is 0.314. The van der Waals surface area contributed by atoms with Crippen LogP contribution in [0.2, 0.25) is 5.02 Å². The van der Waals surface area contributed by atoms with Crippen LogP contribution >= 0.6 is 11.6 Å². The number of anilines is 1. The number of nitrogens with one attached hydrogen (secondary N) is 1. The molecule has 2 aliphatic carbocycles. The first-order valence-corrected chi connectivity index (χ1v) is 15.6. The van der Waals surface area contributed by atoms with Crippen LogP contribution in [0.15, 0.2) is 78.4 Å². The van der Waals surface area contributed by atoms with Gasteiger partial charge in [-0.15, -0.1) is 0 Å². The third-order valence-electron chi connectivity index (χ3n) is 10.1. The molecule has 2 N–H and O–H groups in total. The number of amides is 4. The Kier molecular flexibility index (Phi) is 7.15. The zero-order chi connectivity index (χ0) is 32.5. The molecule has 3 fully saturated rings. The zero-order valence-electron chi connectivity index (χ0n) is 25.1. The number of carbonyl (C=O) groups excluding carboxylic acids is 4. The highest BCUT2D eigenvalue weighted by Gasteiger charge is 2.70. The van der Waals surface area contributed by atoms with Crippen molar-refractivity contribution in [1.82, 2.24) is 9.91 Å². The van der Waals surface area contributed by atoms with Gasteiger partial charge in [0.25, 0.3) is 11.8 Å². The Hall–Kier alpha value is -4.70. The standard InChI is InChI=1S/C35H31ClFN3O6/c1-3-46-28-16-18(4-15-27(28)41)30-23-13-14-24-29(33(44)39(2)31(24)42)25(23)17-26-32(43)40(38-22-11-9-21(37)10-12-22)34(45)35(26,30)19-5-7-20(36)8-6-19/h4-13,15-16,24-26,29-30,38,41H,3,14,17H2,1-2H3/t24-,25+,26-,29-,30-,35+/m0/s1. The molecule has 0 radical (unpaired) electrons. The second-order valence-corrected chi connectivity index (χ2v) is 12.7. The molecular formula is C35H31ClFN3O6. The van der Waals surface area contributed by atoms with Gasteiger partial charge in [-0.2, -0.15) is 5.01 Å². The predicted molar refractivity (Wildman–Crippen MR) is 166 cm³/mol. The number of hydrogen-bond donors (Lipinski definition) is 2. The zero-order valence-corrected chi connectivity index (χ0v) is 25.8. The minimum atomic E-state index is -1.51. The van der Waals surface area contributed by atoms with E-state index in [1.165, 1.54) is 42.3 Å². The average Bonchev–Trinajstić information content (AvgIpc) is 3.40. The molecule has 0 spiro atoms. The molecule has 0 unspecified atom stereocenters. The van der Waals surface area contributed by atoms with Crippen LogP contribution in [-0.2, 0) is 24.6 Å². The highest BCUT2D eigenvalue weighted by molar-refractivity contribution is 6.30. The molecule has 46 heavy (non-hydrogen) atoms. The van der Waals surface area contributed by atoms with Gasteiger partial charge in [0.15, 0.2) is 11.5 Å². The van der Waals surface area contributed by atoms with Gasteiger partial charge >= 0.3 is 0 Å². The quantitative estimate of drug-likeness (QED) is 0.280. The molecule has 6 atom stereocenters. The number of hydrazine groups is 1. The number of benzene rings is 3. The van der Waals surface area contributed by atoms with Crippen molar-refractivity contribution < 1.29 is 33.4 Å². The van der Waals surface area contributed by atoms with E-state index >= 15 is 4.79 Å². The van der Waals surface area contributed by atoms with Crippen molar-refractivity contribution in [2.24, 2.45) is 23.7 Å². The van der Waals surface area contributed by atoms with Crippen LogP contribution < -0.4 is 10.2 Å². The minimum Gasteiger partial charge on any atom is -0.504 e. The fourth-order valence-electron chi connectivity index (χ4n) is 8.17. The number of hydrogen-bond acceptors (Lipinski definition) is 7. The molecule has 3 aromatic rings. The maximum Gasteiger partial charge on any atom is 0.260 e. The molecule has 0 aromatic heterocycles. The van der Waals surface area contributed by atoms with E-state index in [0.717, 1.165) is 10.6 Å². The topological polar surface area (TPSA) is 116 Å². The van der Waals surface area contributed by atoms with Crippen molar-refractivity contribution >= 4 is 40.9 Å². The van der Waals surface area contributed by atoms with Crippen molar-refractivity contribution in [3.05, 3.63) is 100 Å². The van der Waals surface area contributed by atoms with E-state index in [1.54, 1.807) is 43.3 Å². The Morgan fingerprint density at radius 2 is 1.70 bits per heavy atom. The number of halogens is 2. The predicted octanol–water partition coefficient (Wildman–Crippen LogP) is 5.20. The summed E-state index contributed by atoms with van der Waals surface area (Å²) in [5.74, 6) is -5.45.